The molecule has 0 radical (unpaired) electrons. The van der Waals surface area contributed by atoms with Crippen molar-refractivity contribution in [3.05, 3.63) is 17.7 Å². The molecule has 1 aromatic rings. The third kappa shape index (κ3) is 3.86. The standard InChI is InChI=1S/C7H14N4O2S/c1-6-7(11-5-10-6)4-9-2-3-14(8,12)13/h5,9H,2-4H2,1H3,(H,10,11)(H2,8,12,13). The predicted octanol–water partition coefficient (Wildman–Crippen LogP) is -0.904. The van der Waals surface area contributed by atoms with Gasteiger partial charge in [-0.05, 0) is 6.92 Å². The SMILES string of the molecule is Cc1[nH]cnc1CNCCS(N)(=O)=O. The van der Waals surface area contributed by atoms with Crippen LogP contribution in [-0.2, 0) is 16.6 Å². The second kappa shape index (κ2) is 4.54. The molecule has 1 aromatic heterocycles. The van der Waals surface area contributed by atoms with Gasteiger partial charge in [0.25, 0.3) is 0 Å². The maximum atomic E-state index is 10.6. The molecule has 7 heteroatoms. The van der Waals surface area contributed by atoms with E-state index in [9.17, 15) is 8.42 Å². The summed E-state index contributed by atoms with van der Waals surface area (Å²) in [6, 6.07) is 0. The number of primary sulfonamides is 1. The molecule has 0 aliphatic carbocycles. The first-order valence-electron chi connectivity index (χ1n) is 4.19. The van der Waals surface area contributed by atoms with Crippen LogP contribution in [0.25, 0.3) is 0 Å². The normalized spacial score (nSPS) is 11.9. The van der Waals surface area contributed by atoms with E-state index in [-0.39, 0.29) is 5.75 Å². The lowest BCUT2D eigenvalue weighted by molar-refractivity contribution is 0.592. The van der Waals surface area contributed by atoms with Crippen LogP contribution in [0.4, 0.5) is 0 Å². The Morgan fingerprint density at radius 2 is 2.36 bits per heavy atom. The zero-order valence-corrected chi connectivity index (χ0v) is 8.76. The Balaban J connectivity index is 2.26. The number of hydrogen-bond acceptors (Lipinski definition) is 4. The van der Waals surface area contributed by atoms with Crippen LogP contribution < -0.4 is 10.5 Å². The number of rotatable bonds is 5. The smallest absolute Gasteiger partial charge is 0.210 e. The fraction of sp³-hybridized carbons (Fsp3) is 0.571. The largest absolute Gasteiger partial charge is 0.348 e. The third-order valence-corrected chi connectivity index (χ3v) is 2.56. The molecule has 4 N–H and O–H groups in total. The van der Waals surface area contributed by atoms with Gasteiger partial charge in [-0.3, -0.25) is 0 Å². The second-order valence-electron chi connectivity index (χ2n) is 3.02. The summed E-state index contributed by atoms with van der Waals surface area (Å²) < 4.78 is 21.2. The molecule has 0 aliphatic heterocycles. The first-order chi connectivity index (χ1) is 6.49. The molecule has 0 aromatic carbocycles. The van der Waals surface area contributed by atoms with Crippen molar-refractivity contribution in [2.75, 3.05) is 12.3 Å². The Bertz CT molecular complexity index is 384. The minimum Gasteiger partial charge on any atom is -0.348 e. The third-order valence-electron chi connectivity index (χ3n) is 1.79. The summed E-state index contributed by atoms with van der Waals surface area (Å²) in [5, 5.41) is 7.78. The Kier molecular flexibility index (Phi) is 3.62. The van der Waals surface area contributed by atoms with Crippen LogP contribution in [0.3, 0.4) is 0 Å². The van der Waals surface area contributed by atoms with Gasteiger partial charge in [0.2, 0.25) is 10.0 Å². The fourth-order valence-electron chi connectivity index (χ4n) is 0.987. The van der Waals surface area contributed by atoms with Gasteiger partial charge in [0, 0.05) is 18.8 Å². The highest BCUT2D eigenvalue weighted by Gasteiger charge is 2.03. The highest BCUT2D eigenvalue weighted by atomic mass is 32.2. The van der Waals surface area contributed by atoms with Crippen molar-refractivity contribution in [1.29, 1.82) is 0 Å². The molecule has 80 valence electrons. The fourth-order valence-corrected chi connectivity index (χ4v) is 1.42. The van der Waals surface area contributed by atoms with E-state index in [0.29, 0.717) is 13.1 Å². The number of nitrogens with zero attached hydrogens (tertiary/aromatic N) is 1. The lowest BCUT2D eigenvalue weighted by Crippen LogP contribution is -2.27. The molecule has 0 fully saturated rings. The Morgan fingerprint density at radius 1 is 1.64 bits per heavy atom. The Hall–Kier alpha value is -0.920. The van der Waals surface area contributed by atoms with Gasteiger partial charge < -0.3 is 10.3 Å². The van der Waals surface area contributed by atoms with Crippen molar-refractivity contribution in [2.45, 2.75) is 13.5 Å². The van der Waals surface area contributed by atoms with Crippen LogP contribution in [0.15, 0.2) is 6.33 Å². The number of imidazole rings is 1. The number of aryl methyl sites for hydroxylation is 1. The number of nitrogens with two attached hydrogens (primary N) is 1. The predicted molar refractivity (Wildman–Crippen MR) is 53.0 cm³/mol. The number of nitrogens with one attached hydrogen (secondary N) is 2. The molecule has 0 saturated carbocycles. The van der Waals surface area contributed by atoms with E-state index in [0.717, 1.165) is 11.4 Å². The lowest BCUT2D eigenvalue weighted by atomic mass is 10.3. The number of H-pyrrole nitrogens is 1. The van der Waals surface area contributed by atoms with Crippen LogP contribution in [0.1, 0.15) is 11.4 Å². The molecule has 1 rings (SSSR count). The van der Waals surface area contributed by atoms with E-state index in [2.05, 4.69) is 15.3 Å². The molecule has 0 aliphatic rings. The first-order valence-corrected chi connectivity index (χ1v) is 5.90. The highest BCUT2D eigenvalue weighted by molar-refractivity contribution is 7.89. The molecule has 0 unspecified atom stereocenters. The summed E-state index contributed by atoms with van der Waals surface area (Å²) in [6.45, 7) is 2.79. The number of sulfonamides is 1. The van der Waals surface area contributed by atoms with Gasteiger partial charge in [-0.2, -0.15) is 0 Å². The van der Waals surface area contributed by atoms with E-state index in [4.69, 9.17) is 5.14 Å². The second-order valence-corrected chi connectivity index (χ2v) is 4.75. The zero-order chi connectivity index (χ0) is 10.6. The summed E-state index contributed by atoms with van der Waals surface area (Å²) in [7, 11) is -3.37. The summed E-state index contributed by atoms with van der Waals surface area (Å²) >= 11 is 0. The quantitative estimate of drug-likeness (QED) is 0.557. The van der Waals surface area contributed by atoms with Gasteiger partial charge in [0.15, 0.2) is 0 Å². The van der Waals surface area contributed by atoms with Crippen molar-refractivity contribution in [3.63, 3.8) is 0 Å². The monoisotopic (exact) mass is 218 g/mol. The lowest BCUT2D eigenvalue weighted by Gasteiger charge is -2.01. The van der Waals surface area contributed by atoms with Crippen LogP contribution in [-0.4, -0.2) is 30.7 Å². The van der Waals surface area contributed by atoms with E-state index < -0.39 is 10.0 Å². The summed E-state index contributed by atoms with van der Waals surface area (Å²) in [5.74, 6) is -0.0591. The van der Waals surface area contributed by atoms with E-state index in [1.165, 1.54) is 0 Å². The minimum atomic E-state index is -3.37. The Labute approximate surface area is 83.0 Å². The van der Waals surface area contributed by atoms with Crippen molar-refractivity contribution >= 4 is 10.0 Å². The molecule has 14 heavy (non-hydrogen) atoms. The van der Waals surface area contributed by atoms with E-state index in [1.807, 2.05) is 6.92 Å². The molecular formula is C7H14N4O2S. The molecule has 0 bridgehead atoms. The topological polar surface area (TPSA) is 101 Å². The molecule has 0 saturated heterocycles. The summed E-state index contributed by atoms with van der Waals surface area (Å²) in [4.78, 5) is 6.98. The van der Waals surface area contributed by atoms with Crippen molar-refractivity contribution < 1.29 is 8.42 Å². The van der Waals surface area contributed by atoms with Gasteiger partial charge in [-0.15, -0.1) is 0 Å². The average Bonchev–Trinajstić information content (AvgIpc) is 2.44. The van der Waals surface area contributed by atoms with Crippen LogP contribution in [0.2, 0.25) is 0 Å². The highest BCUT2D eigenvalue weighted by Crippen LogP contribution is 1.98. The van der Waals surface area contributed by atoms with Crippen LogP contribution in [0.5, 0.6) is 0 Å². The number of aromatic nitrogens is 2. The Morgan fingerprint density at radius 3 is 2.86 bits per heavy atom. The van der Waals surface area contributed by atoms with Crippen molar-refractivity contribution in [2.24, 2.45) is 5.14 Å². The van der Waals surface area contributed by atoms with Crippen molar-refractivity contribution in [1.82, 2.24) is 15.3 Å². The molecular weight excluding hydrogens is 204 g/mol. The molecule has 6 nitrogen and oxygen atoms in total. The van der Waals surface area contributed by atoms with Crippen molar-refractivity contribution in [3.8, 4) is 0 Å². The number of hydrogen-bond donors (Lipinski definition) is 3. The van der Waals surface area contributed by atoms with Gasteiger partial charge in [-0.1, -0.05) is 0 Å². The molecule has 1 heterocycles. The summed E-state index contributed by atoms with van der Waals surface area (Å²) in [6.07, 6.45) is 1.60. The van der Waals surface area contributed by atoms with Gasteiger partial charge in [0.1, 0.15) is 0 Å². The van der Waals surface area contributed by atoms with Gasteiger partial charge in [0.05, 0.1) is 17.8 Å². The molecule has 0 amide bonds. The van der Waals surface area contributed by atoms with Crippen LogP contribution >= 0.6 is 0 Å². The first kappa shape index (κ1) is 11.2. The van der Waals surface area contributed by atoms with Gasteiger partial charge in [-0.25, -0.2) is 18.5 Å². The van der Waals surface area contributed by atoms with Gasteiger partial charge >= 0.3 is 0 Å². The average molecular weight is 218 g/mol. The maximum Gasteiger partial charge on any atom is 0.210 e. The van der Waals surface area contributed by atoms with E-state index in [1.54, 1.807) is 6.33 Å². The zero-order valence-electron chi connectivity index (χ0n) is 7.95. The molecule has 0 spiro atoms. The number of aromatic amines is 1. The minimum absolute atomic E-state index is 0.0591. The summed E-state index contributed by atoms with van der Waals surface area (Å²) in [5.41, 5.74) is 1.87. The van der Waals surface area contributed by atoms with Crippen LogP contribution in [0, 0.1) is 6.92 Å². The molecule has 0 atom stereocenters. The maximum absolute atomic E-state index is 10.6. The van der Waals surface area contributed by atoms with E-state index >= 15 is 0 Å².